The number of hydrogen-bond donors (Lipinski definition) is 1. The molecule has 0 atom stereocenters. The molecule has 0 unspecified atom stereocenters. The highest BCUT2D eigenvalue weighted by Gasteiger charge is 2.30. The standard InChI is InChI=1S/C24H22ClF3N2O3S/c1-14-10-15(2)24(16(3)11-14)34(32,33)30(12-17-4-6-18(25)7-5-17)13-21(31)29-20-9-8-19(26)22(27)23(20)28/h4-11H,12-13H2,1-3H3,(H,29,31). The summed E-state index contributed by atoms with van der Waals surface area (Å²) in [6, 6.07) is 11.4. The van der Waals surface area contributed by atoms with E-state index in [1.54, 1.807) is 50.2 Å². The highest BCUT2D eigenvalue weighted by atomic mass is 35.5. The van der Waals surface area contributed by atoms with E-state index in [-0.39, 0.29) is 11.4 Å². The first-order valence-corrected chi connectivity index (χ1v) is 12.0. The Morgan fingerprint density at radius 3 is 2.12 bits per heavy atom. The Hall–Kier alpha value is -2.88. The van der Waals surface area contributed by atoms with E-state index >= 15 is 0 Å². The predicted octanol–water partition coefficient (Wildman–Crippen LogP) is 5.51. The Morgan fingerprint density at radius 2 is 1.53 bits per heavy atom. The van der Waals surface area contributed by atoms with Gasteiger partial charge in [0.1, 0.15) is 0 Å². The average molecular weight is 511 g/mol. The minimum Gasteiger partial charge on any atom is -0.322 e. The molecule has 0 saturated heterocycles. The molecule has 0 bridgehead atoms. The monoisotopic (exact) mass is 510 g/mol. The fraction of sp³-hybridized carbons (Fsp3) is 0.208. The van der Waals surface area contributed by atoms with Gasteiger partial charge >= 0.3 is 0 Å². The van der Waals surface area contributed by atoms with E-state index in [9.17, 15) is 26.4 Å². The van der Waals surface area contributed by atoms with Gasteiger partial charge in [-0.05, 0) is 61.7 Å². The molecule has 0 saturated carbocycles. The van der Waals surface area contributed by atoms with E-state index in [4.69, 9.17) is 11.6 Å². The van der Waals surface area contributed by atoms with Gasteiger partial charge in [0.05, 0.1) is 17.1 Å². The summed E-state index contributed by atoms with van der Waals surface area (Å²) in [6.45, 7) is 4.27. The Balaban J connectivity index is 1.98. The normalized spacial score (nSPS) is 11.6. The molecule has 1 amide bonds. The molecule has 0 heterocycles. The number of benzene rings is 3. The molecule has 5 nitrogen and oxygen atoms in total. The zero-order valence-electron chi connectivity index (χ0n) is 18.6. The topological polar surface area (TPSA) is 66.5 Å². The molecule has 180 valence electrons. The number of nitrogens with one attached hydrogen (secondary N) is 1. The zero-order chi connectivity index (χ0) is 25.2. The van der Waals surface area contributed by atoms with Crippen molar-refractivity contribution >= 4 is 33.2 Å². The first kappa shape index (κ1) is 25.7. The fourth-order valence-corrected chi connectivity index (χ4v) is 5.62. The molecule has 3 aromatic carbocycles. The largest absolute Gasteiger partial charge is 0.322 e. The summed E-state index contributed by atoms with van der Waals surface area (Å²) >= 11 is 5.91. The lowest BCUT2D eigenvalue weighted by Crippen LogP contribution is -2.38. The SMILES string of the molecule is Cc1cc(C)c(S(=O)(=O)N(CC(=O)Nc2ccc(F)c(F)c2F)Cc2ccc(Cl)cc2)c(C)c1. The van der Waals surface area contributed by atoms with Crippen molar-refractivity contribution in [3.05, 3.63) is 93.3 Å². The van der Waals surface area contributed by atoms with Crippen molar-refractivity contribution in [1.29, 1.82) is 0 Å². The molecule has 0 fully saturated rings. The van der Waals surface area contributed by atoms with E-state index < -0.39 is 45.6 Å². The molecule has 3 aromatic rings. The first-order valence-electron chi connectivity index (χ1n) is 10.2. The quantitative estimate of drug-likeness (QED) is 0.426. The van der Waals surface area contributed by atoms with Crippen molar-refractivity contribution in [1.82, 2.24) is 4.31 Å². The predicted molar refractivity (Wildman–Crippen MR) is 125 cm³/mol. The second-order valence-electron chi connectivity index (χ2n) is 7.90. The molecule has 0 aliphatic rings. The maximum atomic E-state index is 14.0. The van der Waals surface area contributed by atoms with Crippen molar-refractivity contribution in [2.24, 2.45) is 0 Å². The fourth-order valence-electron chi connectivity index (χ4n) is 3.69. The number of halogens is 4. The van der Waals surface area contributed by atoms with E-state index in [2.05, 4.69) is 5.32 Å². The molecule has 3 rings (SSSR count). The van der Waals surface area contributed by atoms with Gasteiger partial charge in [-0.25, -0.2) is 21.6 Å². The van der Waals surface area contributed by atoms with Crippen LogP contribution in [0, 0.1) is 38.2 Å². The molecule has 1 N–H and O–H groups in total. The van der Waals surface area contributed by atoms with Gasteiger partial charge in [-0.3, -0.25) is 4.79 Å². The number of sulfonamides is 1. The molecule has 34 heavy (non-hydrogen) atoms. The summed E-state index contributed by atoms with van der Waals surface area (Å²) in [5.41, 5.74) is 1.85. The van der Waals surface area contributed by atoms with Crippen LogP contribution in [0.1, 0.15) is 22.3 Å². The van der Waals surface area contributed by atoms with Gasteiger partial charge in [0, 0.05) is 11.6 Å². The number of anilines is 1. The molecule has 0 aliphatic carbocycles. The summed E-state index contributed by atoms with van der Waals surface area (Å²) in [5.74, 6) is -5.65. The van der Waals surface area contributed by atoms with Crippen molar-refractivity contribution < 1.29 is 26.4 Å². The lowest BCUT2D eigenvalue weighted by molar-refractivity contribution is -0.116. The maximum absolute atomic E-state index is 14.0. The second kappa shape index (κ2) is 10.2. The lowest BCUT2D eigenvalue weighted by atomic mass is 10.1. The summed E-state index contributed by atoms with van der Waals surface area (Å²) in [4.78, 5) is 12.8. The molecule has 0 aliphatic heterocycles. The highest BCUT2D eigenvalue weighted by Crippen LogP contribution is 2.27. The van der Waals surface area contributed by atoms with Gasteiger partial charge in [-0.2, -0.15) is 4.31 Å². The van der Waals surface area contributed by atoms with Crippen LogP contribution in [0.25, 0.3) is 0 Å². The van der Waals surface area contributed by atoms with Gasteiger partial charge in [-0.1, -0.05) is 41.4 Å². The van der Waals surface area contributed by atoms with Crippen molar-refractivity contribution in [2.45, 2.75) is 32.2 Å². The molecule has 0 aromatic heterocycles. The van der Waals surface area contributed by atoms with Crippen molar-refractivity contribution in [2.75, 3.05) is 11.9 Å². The van der Waals surface area contributed by atoms with Crippen molar-refractivity contribution in [3.63, 3.8) is 0 Å². The van der Waals surface area contributed by atoms with E-state index in [1.807, 2.05) is 6.92 Å². The van der Waals surface area contributed by atoms with Crippen LogP contribution in [0.15, 0.2) is 53.4 Å². The van der Waals surface area contributed by atoms with Crippen molar-refractivity contribution in [3.8, 4) is 0 Å². The van der Waals surface area contributed by atoms with Crippen LogP contribution in [0.4, 0.5) is 18.9 Å². The average Bonchev–Trinajstić information content (AvgIpc) is 2.74. The third kappa shape index (κ3) is 5.60. The third-order valence-electron chi connectivity index (χ3n) is 5.10. The number of hydrogen-bond acceptors (Lipinski definition) is 3. The van der Waals surface area contributed by atoms with Crippen LogP contribution in [-0.2, 0) is 21.4 Å². The van der Waals surface area contributed by atoms with Crippen LogP contribution in [0.2, 0.25) is 5.02 Å². The first-order chi connectivity index (χ1) is 15.9. The number of nitrogens with zero attached hydrogens (tertiary/aromatic N) is 1. The maximum Gasteiger partial charge on any atom is 0.244 e. The van der Waals surface area contributed by atoms with E-state index in [0.717, 1.165) is 15.9 Å². The Kier molecular flexibility index (Phi) is 7.70. The van der Waals surface area contributed by atoms with Crippen LogP contribution in [0.5, 0.6) is 0 Å². The number of rotatable bonds is 7. The highest BCUT2D eigenvalue weighted by molar-refractivity contribution is 7.89. The Morgan fingerprint density at radius 1 is 0.941 bits per heavy atom. The smallest absolute Gasteiger partial charge is 0.244 e. The molecular weight excluding hydrogens is 489 g/mol. The van der Waals surface area contributed by atoms with Crippen LogP contribution < -0.4 is 5.32 Å². The van der Waals surface area contributed by atoms with E-state index in [0.29, 0.717) is 27.8 Å². The van der Waals surface area contributed by atoms with Gasteiger partial charge < -0.3 is 5.32 Å². The second-order valence-corrected chi connectivity index (χ2v) is 10.2. The third-order valence-corrected chi connectivity index (χ3v) is 7.45. The minimum atomic E-state index is -4.19. The van der Waals surface area contributed by atoms with Gasteiger partial charge in [0.15, 0.2) is 17.5 Å². The van der Waals surface area contributed by atoms with Crippen LogP contribution in [0.3, 0.4) is 0 Å². The number of amides is 1. The summed E-state index contributed by atoms with van der Waals surface area (Å²) in [7, 11) is -4.19. The minimum absolute atomic E-state index is 0.0545. The summed E-state index contributed by atoms with van der Waals surface area (Å²) in [5, 5.41) is 2.57. The van der Waals surface area contributed by atoms with Crippen LogP contribution >= 0.6 is 11.6 Å². The summed E-state index contributed by atoms with van der Waals surface area (Å²) in [6.07, 6.45) is 0. The number of carbonyl (C=O) groups is 1. The molecule has 0 spiro atoms. The Bertz CT molecular complexity index is 1320. The Labute approximate surface area is 201 Å². The number of carbonyl (C=O) groups excluding carboxylic acids is 1. The summed E-state index contributed by atoms with van der Waals surface area (Å²) < 4.78 is 69.0. The molecule has 0 radical (unpaired) electrons. The van der Waals surface area contributed by atoms with Gasteiger partial charge in [0.2, 0.25) is 15.9 Å². The lowest BCUT2D eigenvalue weighted by Gasteiger charge is -2.24. The zero-order valence-corrected chi connectivity index (χ0v) is 20.2. The molecule has 10 heteroatoms. The van der Waals surface area contributed by atoms with Gasteiger partial charge in [0.25, 0.3) is 0 Å². The van der Waals surface area contributed by atoms with Gasteiger partial charge in [-0.15, -0.1) is 0 Å². The van der Waals surface area contributed by atoms with E-state index in [1.165, 1.54) is 0 Å². The molecular formula is C24H22ClF3N2O3S. The number of aryl methyl sites for hydroxylation is 3. The van der Waals surface area contributed by atoms with Crippen LogP contribution in [-0.4, -0.2) is 25.2 Å².